The highest BCUT2D eigenvalue weighted by Crippen LogP contribution is 2.18. The molecule has 0 spiro atoms. The van der Waals surface area contributed by atoms with Crippen LogP contribution < -0.4 is 5.43 Å². The molecule has 0 unspecified atom stereocenters. The van der Waals surface area contributed by atoms with Crippen LogP contribution in [0.25, 0.3) is 0 Å². The van der Waals surface area contributed by atoms with E-state index in [1.807, 2.05) is 0 Å². The van der Waals surface area contributed by atoms with Gasteiger partial charge in [-0.1, -0.05) is 0 Å². The van der Waals surface area contributed by atoms with E-state index in [0.717, 1.165) is 0 Å². The van der Waals surface area contributed by atoms with Crippen molar-refractivity contribution >= 4 is 17.8 Å². The Labute approximate surface area is 94.8 Å². The number of ether oxygens (including phenoxy) is 2. The van der Waals surface area contributed by atoms with E-state index in [9.17, 15) is 22.8 Å². The maximum atomic E-state index is 12.3. The first-order valence-corrected chi connectivity index (χ1v) is 4.57. The van der Waals surface area contributed by atoms with Gasteiger partial charge in [-0.15, -0.1) is 0 Å². The number of esters is 1. The Kier molecular flexibility index (Phi) is 6.00. The van der Waals surface area contributed by atoms with Crippen molar-refractivity contribution in [3.05, 3.63) is 0 Å². The monoisotopic (exact) mass is 256 g/mol. The summed E-state index contributed by atoms with van der Waals surface area (Å²) in [5.74, 6) is -1.67. The summed E-state index contributed by atoms with van der Waals surface area (Å²) in [5.41, 5.74) is -0.419. The van der Waals surface area contributed by atoms with Crippen molar-refractivity contribution in [1.29, 1.82) is 0 Å². The molecule has 0 aromatic rings. The number of halogens is 3. The number of hydrogen-bond acceptors (Lipinski definition) is 5. The predicted octanol–water partition coefficient (Wildman–Crippen LogP) is 1.21. The van der Waals surface area contributed by atoms with Crippen LogP contribution in [0.1, 0.15) is 13.8 Å². The molecule has 0 atom stereocenters. The van der Waals surface area contributed by atoms with E-state index in [2.05, 4.69) is 14.6 Å². The molecule has 0 heterocycles. The van der Waals surface area contributed by atoms with Crippen molar-refractivity contribution in [3.8, 4) is 0 Å². The van der Waals surface area contributed by atoms with Gasteiger partial charge in [-0.05, 0) is 13.8 Å². The molecular formula is C8H11F3N2O4. The Balaban J connectivity index is 4.76. The van der Waals surface area contributed by atoms with Gasteiger partial charge in [-0.25, -0.2) is 15.0 Å². The van der Waals surface area contributed by atoms with Crippen molar-refractivity contribution in [2.24, 2.45) is 5.10 Å². The first-order valence-electron chi connectivity index (χ1n) is 4.57. The lowest BCUT2D eigenvalue weighted by Crippen LogP contribution is -2.35. The highest BCUT2D eigenvalue weighted by atomic mass is 19.4. The molecule has 0 radical (unpaired) electrons. The lowest BCUT2D eigenvalue weighted by atomic mass is 10.4. The zero-order valence-corrected chi connectivity index (χ0v) is 9.13. The van der Waals surface area contributed by atoms with Crippen molar-refractivity contribution in [2.75, 3.05) is 13.2 Å². The minimum absolute atomic E-state index is 0.0396. The van der Waals surface area contributed by atoms with Crippen LogP contribution in [-0.2, 0) is 14.3 Å². The molecule has 0 rings (SSSR count). The van der Waals surface area contributed by atoms with E-state index < -0.39 is 24.0 Å². The molecule has 0 aromatic carbocycles. The van der Waals surface area contributed by atoms with Gasteiger partial charge in [0.15, 0.2) is 0 Å². The number of amides is 1. The average Bonchev–Trinajstić information content (AvgIpc) is 2.16. The van der Waals surface area contributed by atoms with Gasteiger partial charge in [0.2, 0.25) is 5.71 Å². The summed E-state index contributed by atoms with van der Waals surface area (Å²) < 4.78 is 45.3. The number of carbonyl (C=O) groups is 2. The topological polar surface area (TPSA) is 77.0 Å². The second-order valence-corrected chi connectivity index (χ2v) is 2.51. The molecule has 0 fully saturated rings. The lowest BCUT2D eigenvalue weighted by Gasteiger charge is -2.09. The number of nitrogens with zero attached hydrogens (tertiary/aromatic N) is 1. The van der Waals surface area contributed by atoms with Crippen molar-refractivity contribution < 1.29 is 32.2 Å². The first-order chi connectivity index (χ1) is 7.82. The summed E-state index contributed by atoms with van der Waals surface area (Å²) in [6.45, 7) is 2.51. The normalized spacial score (nSPS) is 11.9. The molecule has 9 heteroatoms. The molecule has 1 N–H and O–H groups in total. The van der Waals surface area contributed by atoms with E-state index in [0.29, 0.717) is 0 Å². The molecule has 17 heavy (non-hydrogen) atoms. The van der Waals surface area contributed by atoms with Crippen LogP contribution in [0.5, 0.6) is 0 Å². The Morgan fingerprint density at radius 1 is 1.18 bits per heavy atom. The lowest BCUT2D eigenvalue weighted by molar-refractivity contribution is -0.139. The van der Waals surface area contributed by atoms with Gasteiger partial charge < -0.3 is 9.47 Å². The van der Waals surface area contributed by atoms with E-state index in [1.54, 1.807) is 0 Å². The molecule has 0 bridgehead atoms. The van der Waals surface area contributed by atoms with Gasteiger partial charge in [0.25, 0.3) is 0 Å². The zero-order valence-electron chi connectivity index (χ0n) is 9.13. The standard InChI is InChI=1S/C8H11F3N2O4/c1-3-16-6(14)5(8(9,10)11)12-13-7(15)17-4-2/h3-4H2,1-2H3,(H,13,15)/b12-5+. The molecule has 98 valence electrons. The summed E-state index contributed by atoms with van der Waals surface area (Å²) >= 11 is 0. The van der Waals surface area contributed by atoms with Crippen molar-refractivity contribution in [1.82, 2.24) is 5.43 Å². The highest BCUT2D eigenvalue weighted by molar-refractivity contribution is 6.38. The first kappa shape index (κ1) is 15.2. The molecule has 0 saturated heterocycles. The third kappa shape index (κ3) is 5.73. The summed E-state index contributed by atoms with van der Waals surface area (Å²) in [6.07, 6.45) is -6.22. The number of alkyl halides is 3. The number of rotatable bonds is 4. The minimum Gasteiger partial charge on any atom is -0.461 e. The van der Waals surface area contributed by atoms with Crippen LogP contribution in [0.3, 0.4) is 0 Å². The van der Waals surface area contributed by atoms with Crippen LogP contribution in [0.4, 0.5) is 18.0 Å². The summed E-state index contributed by atoms with van der Waals surface area (Å²) in [4.78, 5) is 21.6. The smallest absolute Gasteiger partial charge is 0.442 e. The van der Waals surface area contributed by atoms with Gasteiger partial charge in [0.05, 0.1) is 13.2 Å². The van der Waals surface area contributed by atoms with Crippen molar-refractivity contribution in [2.45, 2.75) is 20.0 Å². The summed E-state index contributed by atoms with van der Waals surface area (Å²) in [7, 11) is 0. The minimum atomic E-state index is -5.02. The third-order valence-electron chi connectivity index (χ3n) is 1.27. The fourth-order valence-electron chi connectivity index (χ4n) is 0.689. The molecule has 0 aromatic heterocycles. The van der Waals surface area contributed by atoms with Gasteiger partial charge in [0.1, 0.15) is 0 Å². The van der Waals surface area contributed by atoms with Crippen LogP contribution in [0.2, 0.25) is 0 Å². The maximum Gasteiger partial charge on any atom is 0.442 e. The van der Waals surface area contributed by atoms with E-state index in [4.69, 9.17) is 0 Å². The number of nitrogens with one attached hydrogen (secondary N) is 1. The molecule has 0 aliphatic heterocycles. The SMILES string of the molecule is CCOC(=O)N/N=C(\C(=O)OCC)C(F)(F)F. The highest BCUT2D eigenvalue weighted by Gasteiger charge is 2.42. The van der Waals surface area contributed by atoms with E-state index >= 15 is 0 Å². The van der Waals surface area contributed by atoms with Gasteiger partial charge in [-0.3, -0.25) is 0 Å². The third-order valence-corrected chi connectivity index (χ3v) is 1.27. The zero-order chi connectivity index (χ0) is 13.5. The maximum absolute atomic E-state index is 12.3. The second-order valence-electron chi connectivity index (χ2n) is 2.51. The van der Waals surface area contributed by atoms with Crippen LogP contribution in [-0.4, -0.2) is 37.2 Å². The summed E-state index contributed by atoms with van der Waals surface area (Å²) in [6, 6.07) is 0. The molecule has 1 amide bonds. The van der Waals surface area contributed by atoms with Gasteiger partial charge in [0, 0.05) is 0 Å². The largest absolute Gasteiger partial charge is 0.461 e. The number of carbonyl (C=O) groups excluding carboxylic acids is 2. The molecule has 6 nitrogen and oxygen atoms in total. The Morgan fingerprint density at radius 2 is 1.71 bits per heavy atom. The average molecular weight is 256 g/mol. The molecule has 0 aliphatic carbocycles. The summed E-state index contributed by atoms with van der Waals surface area (Å²) in [5, 5.41) is 2.62. The van der Waals surface area contributed by atoms with Crippen molar-refractivity contribution in [3.63, 3.8) is 0 Å². The quantitative estimate of drug-likeness (QED) is 0.466. The van der Waals surface area contributed by atoms with E-state index in [1.165, 1.54) is 19.3 Å². The second kappa shape index (κ2) is 6.71. The van der Waals surface area contributed by atoms with Gasteiger partial charge in [-0.2, -0.15) is 18.3 Å². The number of hydrazone groups is 1. The molecule has 0 aliphatic rings. The number of hydrogen-bond donors (Lipinski definition) is 1. The molecule has 0 saturated carbocycles. The Hall–Kier alpha value is -1.80. The predicted molar refractivity (Wildman–Crippen MR) is 50.3 cm³/mol. The van der Waals surface area contributed by atoms with Gasteiger partial charge >= 0.3 is 18.2 Å². The van der Waals surface area contributed by atoms with Crippen LogP contribution in [0.15, 0.2) is 5.10 Å². The van der Waals surface area contributed by atoms with E-state index in [-0.39, 0.29) is 13.2 Å². The Morgan fingerprint density at radius 3 is 2.12 bits per heavy atom. The molecular weight excluding hydrogens is 245 g/mol. The van der Waals surface area contributed by atoms with Crippen LogP contribution >= 0.6 is 0 Å². The van der Waals surface area contributed by atoms with Crippen LogP contribution in [0, 0.1) is 0 Å². The fourth-order valence-corrected chi connectivity index (χ4v) is 0.689. The fraction of sp³-hybridized carbons (Fsp3) is 0.625. The Bertz CT molecular complexity index is 314.